The minimum Gasteiger partial charge on any atom is -0.316 e. The van der Waals surface area contributed by atoms with Crippen LogP contribution in [-0.4, -0.2) is 13.1 Å². The lowest BCUT2D eigenvalue weighted by molar-refractivity contribution is 0.277. The first-order chi connectivity index (χ1) is 7.21. The number of hydrogen-bond acceptors (Lipinski definition) is 1. The lowest BCUT2D eigenvalue weighted by Gasteiger charge is -2.37. The van der Waals surface area contributed by atoms with Crippen LogP contribution in [0.25, 0.3) is 0 Å². The molecule has 3 rings (SSSR count). The Balaban J connectivity index is 2.13. The second kappa shape index (κ2) is 3.23. The van der Waals surface area contributed by atoms with E-state index in [1.807, 2.05) is 6.07 Å². The Hall–Kier alpha value is -0.530. The van der Waals surface area contributed by atoms with Gasteiger partial charge in [-0.3, -0.25) is 0 Å². The van der Waals surface area contributed by atoms with Crippen molar-refractivity contribution in [2.45, 2.75) is 25.7 Å². The Labute approximate surface area is 95.8 Å². The Bertz CT molecular complexity index is 402. The number of hydrogen-bond donors (Lipinski definition) is 1. The van der Waals surface area contributed by atoms with Crippen molar-refractivity contribution in [3.8, 4) is 0 Å². The van der Waals surface area contributed by atoms with Crippen LogP contribution in [0.4, 0.5) is 0 Å². The van der Waals surface area contributed by atoms with E-state index in [2.05, 4.69) is 24.4 Å². The fraction of sp³-hybridized carbons (Fsp3) is 0.538. The van der Waals surface area contributed by atoms with Crippen molar-refractivity contribution in [1.29, 1.82) is 0 Å². The van der Waals surface area contributed by atoms with E-state index >= 15 is 0 Å². The van der Waals surface area contributed by atoms with Gasteiger partial charge in [-0.25, -0.2) is 0 Å². The van der Waals surface area contributed by atoms with Crippen LogP contribution in [0.3, 0.4) is 0 Å². The van der Waals surface area contributed by atoms with Gasteiger partial charge in [-0.05, 0) is 35.4 Å². The molecule has 15 heavy (non-hydrogen) atoms. The van der Waals surface area contributed by atoms with Gasteiger partial charge in [0.25, 0.3) is 0 Å². The van der Waals surface area contributed by atoms with Gasteiger partial charge in [-0.1, -0.05) is 30.7 Å². The SMILES string of the molecule is C[C@]12CCc3c(Cl)cccc3[C@@H]1CNC2. The van der Waals surface area contributed by atoms with Crippen LogP contribution in [0, 0.1) is 5.41 Å². The Morgan fingerprint density at radius 2 is 2.33 bits per heavy atom. The molecule has 0 bridgehead atoms. The van der Waals surface area contributed by atoms with Gasteiger partial charge in [0.15, 0.2) is 0 Å². The Morgan fingerprint density at radius 3 is 3.20 bits per heavy atom. The summed E-state index contributed by atoms with van der Waals surface area (Å²) in [6.07, 6.45) is 2.41. The third kappa shape index (κ3) is 1.33. The Morgan fingerprint density at radius 1 is 1.47 bits per heavy atom. The summed E-state index contributed by atoms with van der Waals surface area (Å²) in [5.41, 5.74) is 3.34. The van der Waals surface area contributed by atoms with Gasteiger partial charge in [-0.15, -0.1) is 0 Å². The van der Waals surface area contributed by atoms with Crippen molar-refractivity contribution in [2.24, 2.45) is 5.41 Å². The maximum atomic E-state index is 6.26. The van der Waals surface area contributed by atoms with Crippen LogP contribution < -0.4 is 5.32 Å². The van der Waals surface area contributed by atoms with Crippen LogP contribution in [0.1, 0.15) is 30.4 Å². The van der Waals surface area contributed by atoms with Gasteiger partial charge < -0.3 is 5.32 Å². The van der Waals surface area contributed by atoms with E-state index in [-0.39, 0.29) is 0 Å². The molecule has 0 spiro atoms. The molecule has 1 aliphatic heterocycles. The first kappa shape index (κ1) is 9.68. The molecule has 1 heterocycles. The zero-order valence-corrected chi connectivity index (χ0v) is 9.77. The summed E-state index contributed by atoms with van der Waals surface area (Å²) >= 11 is 6.26. The fourth-order valence-corrected chi connectivity index (χ4v) is 3.47. The van der Waals surface area contributed by atoms with Crippen molar-refractivity contribution < 1.29 is 0 Å². The van der Waals surface area contributed by atoms with Crippen LogP contribution in [0.5, 0.6) is 0 Å². The molecule has 0 amide bonds. The van der Waals surface area contributed by atoms with Crippen molar-refractivity contribution >= 4 is 11.6 Å². The van der Waals surface area contributed by atoms with E-state index in [9.17, 15) is 0 Å². The molecule has 80 valence electrons. The standard InChI is InChI=1S/C13H16ClN/c1-13-6-5-10-9(3-2-4-12(10)14)11(13)7-15-8-13/h2-4,11,15H,5-8H2,1H3/t11-,13+/m0/s1. The second-order valence-electron chi connectivity index (χ2n) is 5.15. The van der Waals surface area contributed by atoms with Crippen molar-refractivity contribution in [1.82, 2.24) is 5.32 Å². The van der Waals surface area contributed by atoms with Gasteiger partial charge in [-0.2, -0.15) is 0 Å². The third-order valence-corrected chi connectivity index (χ3v) is 4.55. The van der Waals surface area contributed by atoms with Gasteiger partial charge in [0.2, 0.25) is 0 Å². The van der Waals surface area contributed by atoms with E-state index in [4.69, 9.17) is 11.6 Å². The van der Waals surface area contributed by atoms with Gasteiger partial charge in [0, 0.05) is 24.0 Å². The highest BCUT2D eigenvalue weighted by Crippen LogP contribution is 2.48. The van der Waals surface area contributed by atoms with E-state index < -0.39 is 0 Å². The average Bonchev–Trinajstić information content (AvgIpc) is 2.60. The fourth-order valence-electron chi connectivity index (χ4n) is 3.20. The highest BCUT2D eigenvalue weighted by molar-refractivity contribution is 6.31. The number of halogens is 1. The monoisotopic (exact) mass is 221 g/mol. The van der Waals surface area contributed by atoms with Crippen molar-refractivity contribution in [2.75, 3.05) is 13.1 Å². The van der Waals surface area contributed by atoms with Crippen molar-refractivity contribution in [3.63, 3.8) is 0 Å². The van der Waals surface area contributed by atoms with E-state index in [1.165, 1.54) is 17.5 Å². The minimum absolute atomic E-state index is 0.456. The summed E-state index contributed by atoms with van der Waals surface area (Å²) in [4.78, 5) is 0. The summed E-state index contributed by atoms with van der Waals surface area (Å²) in [5.74, 6) is 0.667. The minimum atomic E-state index is 0.456. The number of benzene rings is 1. The highest BCUT2D eigenvalue weighted by atomic mass is 35.5. The molecule has 2 heteroatoms. The van der Waals surface area contributed by atoms with Crippen molar-refractivity contribution in [3.05, 3.63) is 34.3 Å². The second-order valence-corrected chi connectivity index (χ2v) is 5.55. The molecule has 1 fully saturated rings. The molecule has 1 saturated heterocycles. The van der Waals surface area contributed by atoms with Crippen LogP contribution in [0.2, 0.25) is 5.02 Å². The molecule has 2 atom stereocenters. The molecule has 0 radical (unpaired) electrons. The molecule has 1 aromatic carbocycles. The predicted octanol–water partition coefficient (Wildman–Crippen LogP) is 2.98. The summed E-state index contributed by atoms with van der Waals surface area (Å²) in [5, 5.41) is 4.48. The lowest BCUT2D eigenvalue weighted by atomic mass is 9.67. The predicted molar refractivity (Wildman–Crippen MR) is 63.5 cm³/mol. The molecule has 1 nitrogen and oxygen atoms in total. The van der Waals surface area contributed by atoms with Gasteiger partial charge in [0.1, 0.15) is 0 Å². The molecule has 1 N–H and O–H groups in total. The molecule has 1 aliphatic carbocycles. The first-order valence-corrected chi connectivity index (χ1v) is 6.06. The van der Waals surface area contributed by atoms with Crippen LogP contribution in [0.15, 0.2) is 18.2 Å². The van der Waals surface area contributed by atoms with Crippen LogP contribution >= 0.6 is 11.6 Å². The largest absolute Gasteiger partial charge is 0.316 e. The maximum Gasteiger partial charge on any atom is 0.0440 e. The zero-order chi connectivity index (χ0) is 10.5. The van der Waals surface area contributed by atoms with E-state index in [1.54, 1.807) is 0 Å². The molecular weight excluding hydrogens is 206 g/mol. The molecule has 0 unspecified atom stereocenters. The quantitative estimate of drug-likeness (QED) is 0.710. The van der Waals surface area contributed by atoms with Gasteiger partial charge in [0.05, 0.1) is 0 Å². The Kier molecular flexibility index (Phi) is 2.08. The molecule has 1 aromatic rings. The molecule has 0 saturated carbocycles. The lowest BCUT2D eigenvalue weighted by Crippen LogP contribution is -2.30. The molecule has 2 aliphatic rings. The average molecular weight is 222 g/mol. The smallest absolute Gasteiger partial charge is 0.0440 e. The maximum absolute atomic E-state index is 6.26. The zero-order valence-electron chi connectivity index (χ0n) is 9.02. The third-order valence-electron chi connectivity index (χ3n) is 4.20. The van der Waals surface area contributed by atoms with E-state index in [0.29, 0.717) is 11.3 Å². The first-order valence-electron chi connectivity index (χ1n) is 5.69. The summed E-state index contributed by atoms with van der Waals surface area (Å²) in [6.45, 7) is 4.68. The number of rotatable bonds is 0. The summed E-state index contributed by atoms with van der Waals surface area (Å²) < 4.78 is 0. The highest BCUT2D eigenvalue weighted by Gasteiger charge is 2.43. The molecule has 0 aromatic heterocycles. The number of fused-ring (bicyclic) bond motifs is 3. The summed E-state index contributed by atoms with van der Waals surface area (Å²) in [7, 11) is 0. The normalized spacial score (nSPS) is 33.6. The van der Waals surface area contributed by atoms with Crippen LogP contribution in [-0.2, 0) is 6.42 Å². The molecular formula is C13H16ClN. The number of nitrogens with one attached hydrogen (secondary N) is 1. The van der Waals surface area contributed by atoms with Gasteiger partial charge >= 0.3 is 0 Å². The van der Waals surface area contributed by atoms with E-state index in [0.717, 1.165) is 24.5 Å². The topological polar surface area (TPSA) is 12.0 Å². The summed E-state index contributed by atoms with van der Waals surface area (Å²) in [6, 6.07) is 6.37.